The third-order valence-corrected chi connectivity index (χ3v) is 4.11. The lowest BCUT2D eigenvalue weighted by molar-refractivity contribution is 0.617. The molecule has 21 heavy (non-hydrogen) atoms. The first-order valence-corrected chi connectivity index (χ1v) is 7.53. The van der Waals surface area contributed by atoms with Crippen LogP contribution in [-0.4, -0.2) is 9.55 Å². The minimum absolute atomic E-state index is 0.422. The zero-order valence-corrected chi connectivity index (χ0v) is 13.4. The molecule has 1 heterocycles. The normalized spacial score (nSPS) is 11.5. The zero-order valence-electron chi connectivity index (χ0n) is 13.4. The van der Waals surface area contributed by atoms with Gasteiger partial charge in [0.25, 0.3) is 0 Å². The van der Waals surface area contributed by atoms with Gasteiger partial charge in [-0.2, -0.15) is 0 Å². The Morgan fingerprint density at radius 2 is 1.67 bits per heavy atom. The summed E-state index contributed by atoms with van der Waals surface area (Å²) in [6.45, 7) is 10.9. The van der Waals surface area contributed by atoms with Crippen LogP contribution in [0.4, 0.5) is 0 Å². The number of benzene rings is 2. The number of nitrogens with zero attached hydrogens (tertiary/aromatic N) is 2. The fourth-order valence-corrected chi connectivity index (χ4v) is 3.28. The summed E-state index contributed by atoms with van der Waals surface area (Å²) < 4.78 is 2.23. The first-order chi connectivity index (χ1) is 9.99. The second-order valence-electron chi connectivity index (χ2n) is 6.19. The number of hydrogen-bond acceptors (Lipinski definition) is 1. The lowest BCUT2D eigenvalue weighted by atomic mass is 9.93. The monoisotopic (exact) mass is 278 g/mol. The number of aryl methyl sites for hydroxylation is 3. The van der Waals surface area contributed by atoms with E-state index in [4.69, 9.17) is 0 Å². The van der Waals surface area contributed by atoms with Crippen molar-refractivity contribution in [1.29, 1.82) is 0 Å². The maximum atomic E-state index is 4.68. The van der Waals surface area contributed by atoms with Gasteiger partial charge in [-0.05, 0) is 57.4 Å². The molecule has 0 atom stereocenters. The molecule has 2 nitrogen and oxygen atoms in total. The van der Waals surface area contributed by atoms with Gasteiger partial charge in [0.15, 0.2) is 0 Å². The van der Waals surface area contributed by atoms with Gasteiger partial charge < -0.3 is 4.57 Å². The Hall–Kier alpha value is -2.09. The molecule has 0 saturated carbocycles. The number of para-hydroxylation sites is 1. The molecule has 0 N–H and O–H groups in total. The minimum atomic E-state index is 0.422. The Bertz CT molecular complexity index is 787. The molecule has 0 saturated heterocycles. The van der Waals surface area contributed by atoms with Gasteiger partial charge in [0, 0.05) is 11.6 Å². The van der Waals surface area contributed by atoms with E-state index in [9.17, 15) is 0 Å². The highest BCUT2D eigenvalue weighted by Crippen LogP contribution is 2.33. The Labute approximate surface area is 126 Å². The van der Waals surface area contributed by atoms with Crippen LogP contribution in [-0.2, 0) is 0 Å². The van der Waals surface area contributed by atoms with Crippen LogP contribution in [0.25, 0.3) is 22.2 Å². The van der Waals surface area contributed by atoms with E-state index in [1.165, 1.54) is 33.3 Å². The highest BCUT2D eigenvalue weighted by molar-refractivity contribution is 5.94. The summed E-state index contributed by atoms with van der Waals surface area (Å²) in [7, 11) is 0. The quantitative estimate of drug-likeness (QED) is 0.629. The number of imidazole rings is 1. The van der Waals surface area contributed by atoms with Crippen LogP contribution in [0, 0.1) is 20.8 Å². The Morgan fingerprint density at radius 1 is 1.00 bits per heavy atom. The molecule has 3 aromatic rings. The summed E-state index contributed by atoms with van der Waals surface area (Å²) in [5.41, 5.74) is 8.82. The Kier molecular flexibility index (Phi) is 3.32. The third kappa shape index (κ3) is 2.25. The maximum Gasteiger partial charge on any atom is 0.0963 e. The van der Waals surface area contributed by atoms with E-state index >= 15 is 0 Å². The van der Waals surface area contributed by atoms with Crippen molar-refractivity contribution in [2.75, 3.05) is 0 Å². The predicted octanol–water partition coefficient (Wildman–Crippen LogP) is 5.21. The molecule has 1 aromatic heterocycles. The topological polar surface area (TPSA) is 17.8 Å². The van der Waals surface area contributed by atoms with Gasteiger partial charge >= 0.3 is 0 Å². The lowest BCUT2D eigenvalue weighted by Gasteiger charge is -2.13. The molecule has 2 aromatic carbocycles. The molecule has 0 radical (unpaired) electrons. The molecular formula is C19H22N2. The maximum absolute atomic E-state index is 4.68. The summed E-state index contributed by atoms with van der Waals surface area (Å²) in [4.78, 5) is 4.68. The van der Waals surface area contributed by atoms with Crippen LogP contribution < -0.4 is 0 Å². The van der Waals surface area contributed by atoms with Crippen molar-refractivity contribution >= 4 is 11.0 Å². The van der Waals surface area contributed by atoms with Crippen LogP contribution in [0.2, 0.25) is 0 Å². The molecule has 0 aliphatic rings. The summed E-state index contributed by atoms with van der Waals surface area (Å²) in [5, 5.41) is 0. The van der Waals surface area contributed by atoms with Crippen LogP contribution in [0.3, 0.4) is 0 Å². The predicted molar refractivity (Wildman–Crippen MR) is 89.8 cm³/mol. The highest BCUT2D eigenvalue weighted by Gasteiger charge is 2.14. The zero-order chi connectivity index (χ0) is 15.1. The molecule has 0 fully saturated rings. The molecule has 2 heteroatoms. The van der Waals surface area contributed by atoms with E-state index in [0.29, 0.717) is 6.04 Å². The number of fused-ring (bicyclic) bond motifs is 1. The highest BCUT2D eigenvalue weighted by atomic mass is 15.1. The second kappa shape index (κ2) is 5.03. The van der Waals surface area contributed by atoms with E-state index in [0.717, 1.165) is 5.52 Å². The number of hydrogen-bond donors (Lipinski definition) is 0. The van der Waals surface area contributed by atoms with Crippen molar-refractivity contribution in [3.8, 4) is 11.1 Å². The minimum Gasteiger partial charge on any atom is -0.328 e. The van der Waals surface area contributed by atoms with Gasteiger partial charge in [0.2, 0.25) is 0 Å². The van der Waals surface area contributed by atoms with Gasteiger partial charge in [0.05, 0.1) is 17.4 Å². The summed E-state index contributed by atoms with van der Waals surface area (Å²) >= 11 is 0. The molecule has 3 rings (SSSR count). The average molecular weight is 278 g/mol. The van der Waals surface area contributed by atoms with E-state index in [1.54, 1.807) is 0 Å². The molecule has 0 amide bonds. The van der Waals surface area contributed by atoms with Gasteiger partial charge in [-0.1, -0.05) is 29.8 Å². The van der Waals surface area contributed by atoms with Crippen molar-refractivity contribution in [3.63, 3.8) is 0 Å². The van der Waals surface area contributed by atoms with Crippen LogP contribution >= 0.6 is 0 Å². The fourth-order valence-electron chi connectivity index (χ4n) is 3.28. The summed E-state index contributed by atoms with van der Waals surface area (Å²) in [5.74, 6) is 0. The van der Waals surface area contributed by atoms with Crippen molar-refractivity contribution < 1.29 is 0 Å². The molecule has 108 valence electrons. The number of rotatable bonds is 2. The van der Waals surface area contributed by atoms with Crippen molar-refractivity contribution in [2.45, 2.75) is 40.7 Å². The standard InChI is InChI=1S/C19H22N2/c1-12(2)21-11-20-19-16(7-6-8-17(19)21)18-14(4)9-13(3)10-15(18)5/h6-12H,1-5H3. The fraction of sp³-hybridized carbons (Fsp3) is 0.316. The van der Waals surface area contributed by atoms with Gasteiger partial charge in [0.1, 0.15) is 0 Å². The molecule has 0 aliphatic carbocycles. The average Bonchev–Trinajstić information content (AvgIpc) is 2.82. The van der Waals surface area contributed by atoms with Gasteiger partial charge in [-0.3, -0.25) is 0 Å². The lowest BCUT2D eigenvalue weighted by Crippen LogP contribution is -1.98. The first-order valence-electron chi connectivity index (χ1n) is 7.53. The SMILES string of the molecule is Cc1cc(C)c(-c2cccc3c2ncn3C(C)C)c(C)c1. The Balaban J connectivity index is 2.32. The van der Waals surface area contributed by atoms with Crippen molar-refractivity contribution in [2.24, 2.45) is 0 Å². The smallest absolute Gasteiger partial charge is 0.0963 e. The second-order valence-corrected chi connectivity index (χ2v) is 6.19. The molecule has 0 spiro atoms. The largest absolute Gasteiger partial charge is 0.328 e. The summed E-state index contributed by atoms with van der Waals surface area (Å²) in [6, 6.07) is 11.4. The first kappa shape index (κ1) is 13.9. The number of aromatic nitrogens is 2. The molecule has 0 unspecified atom stereocenters. The third-order valence-electron chi connectivity index (χ3n) is 4.11. The van der Waals surface area contributed by atoms with Crippen molar-refractivity contribution in [1.82, 2.24) is 9.55 Å². The van der Waals surface area contributed by atoms with Gasteiger partial charge in [-0.15, -0.1) is 0 Å². The summed E-state index contributed by atoms with van der Waals surface area (Å²) in [6.07, 6.45) is 1.96. The van der Waals surface area contributed by atoms with E-state index < -0.39 is 0 Å². The van der Waals surface area contributed by atoms with Crippen LogP contribution in [0.15, 0.2) is 36.7 Å². The molecule has 0 bridgehead atoms. The van der Waals surface area contributed by atoms with Crippen LogP contribution in [0.5, 0.6) is 0 Å². The molecule has 0 aliphatic heterocycles. The van der Waals surface area contributed by atoms with E-state index in [-0.39, 0.29) is 0 Å². The van der Waals surface area contributed by atoms with E-state index in [2.05, 4.69) is 74.5 Å². The van der Waals surface area contributed by atoms with Crippen LogP contribution in [0.1, 0.15) is 36.6 Å². The van der Waals surface area contributed by atoms with Gasteiger partial charge in [-0.25, -0.2) is 4.98 Å². The van der Waals surface area contributed by atoms with Crippen molar-refractivity contribution in [3.05, 3.63) is 53.3 Å². The van der Waals surface area contributed by atoms with E-state index in [1.807, 2.05) is 6.33 Å². The molecular weight excluding hydrogens is 256 g/mol. The Morgan fingerprint density at radius 3 is 2.29 bits per heavy atom.